The van der Waals surface area contributed by atoms with Crippen molar-refractivity contribution in [3.05, 3.63) is 76.3 Å². The Bertz CT molecular complexity index is 1040. The number of aromatic nitrogens is 1. The average molecular weight is 411 g/mol. The van der Waals surface area contributed by atoms with E-state index in [1.807, 2.05) is 31.2 Å². The molecule has 0 atom stereocenters. The molecule has 1 N–H and O–H groups in total. The molecule has 1 heterocycles. The van der Waals surface area contributed by atoms with Crippen LogP contribution in [0.2, 0.25) is 5.02 Å². The number of hydrogen-bond donors (Lipinski definition) is 1. The van der Waals surface area contributed by atoms with E-state index in [9.17, 15) is 9.59 Å². The van der Waals surface area contributed by atoms with E-state index >= 15 is 0 Å². The van der Waals surface area contributed by atoms with E-state index in [4.69, 9.17) is 20.9 Å². The first kappa shape index (κ1) is 20.4. The van der Waals surface area contributed by atoms with Crippen molar-refractivity contribution >= 4 is 35.4 Å². The van der Waals surface area contributed by atoms with E-state index < -0.39 is 11.9 Å². The fourth-order valence-electron chi connectivity index (χ4n) is 2.58. The summed E-state index contributed by atoms with van der Waals surface area (Å²) in [4.78, 5) is 24.8. The van der Waals surface area contributed by atoms with Crippen LogP contribution in [0.1, 0.15) is 28.4 Å². The molecule has 0 unspecified atom stereocenters. The second-order valence-electron chi connectivity index (χ2n) is 6.20. The first-order chi connectivity index (χ1) is 14.0. The van der Waals surface area contributed by atoms with Crippen LogP contribution in [-0.2, 0) is 9.53 Å². The molecule has 2 aromatic carbocycles. The Morgan fingerprint density at radius 1 is 1.14 bits per heavy atom. The number of rotatable bonds is 6. The summed E-state index contributed by atoms with van der Waals surface area (Å²) < 4.78 is 10.3. The summed E-state index contributed by atoms with van der Waals surface area (Å²) in [6.45, 7) is 3.85. The summed E-state index contributed by atoms with van der Waals surface area (Å²) in [6.07, 6.45) is 3.01. The fourth-order valence-corrected chi connectivity index (χ4v) is 2.70. The minimum absolute atomic E-state index is 0.0475. The van der Waals surface area contributed by atoms with Crippen LogP contribution in [0, 0.1) is 6.92 Å². The Morgan fingerprint density at radius 3 is 2.48 bits per heavy atom. The van der Waals surface area contributed by atoms with E-state index in [1.165, 1.54) is 6.08 Å². The summed E-state index contributed by atoms with van der Waals surface area (Å²) in [5, 5.41) is 7.04. The third-order valence-electron chi connectivity index (χ3n) is 4.03. The average Bonchev–Trinajstić information content (AvgIpc) is 3.12. The van der Waals surface area contributed by atoms with Crippen molar-refractivity contribution in [1.29, 1.82) is 0 Å². The summed E-state index contributed by atoms with van der Waals surface area (Å²) in [5.41, 5.74) is 2.92. The van der Waals surface area contributed by atoms with Crippen LogP contribution in [0.5, 0.6) is 0 Å². The van der Waals surface area contributed by atoms with Crippen LogP contribution >= 0.6 is 11.6 Å². The van der Waals surface area contributed by atoms with E-state index in [0.29, 0.717) is 10.6 Å². The highest BCUT2D eigenvalue weighted by molar-refractivity contribution is 6.30. The van der Waals surface area contributed by atoms with Crippen LogP contribution in [0.3, 0.4) is 0 Å². The number of anilines is 1. The fraction of sp³-hybridized carbons (Fsp3) is 0.136. The lowest BCUT2D eigenvalue weighted by Crippen LogP contribution is -2.13. The minimum atomic E-state index is -0.642. The van der Waals surface area contributed by atoms with Gasteiger partial charge in [-0.3, -0.25) is 10.1 Å². The largest absolute Gasteiger partial charge is 0.462 e. The molecule has 0 bridgehead atoms. The molecule has 148 valence electrons. The zero-order valence-corrected chi connectivity index (χ0v) is 16.7. The number of aryl methyl sites for hydroxylation is 1. The maximum absolute atomic E-state index is 12.5. The van der Waals surface area contributed by atoms with Crippen molar-refractivity contribution in [2.45, 2.75) is 13.8 Å². The van der Waals surface area contributed by atoms with E-state index in [0.717, 1.165) is 11.1 Å². The number of benzene rings is 2. The number of carbonyl (C=O) groups excluding carboxylic acids is 2. The van der Waals surface area contributed by atoms with Gasteiger partial charge >= 0.3 is 5.97 Å². The van der Waals surface area contributed by atoms with Gasteiger partial charge in [-0.1, -0.05) is 58.7 Å². The lowest BCUT2D eigenvalue weighted by atomic mass is 10.1. The first-order valence-electron chi connectivity index (χ1n) is 8.96. The Hall–Kier alpha value is -3.38. The number of nitrogens with one attached hydrogen (secondary N) is 1. The standard InChI is InChI=1S/C22H19ClN2O4/c1-3-28-22(27)19-20(16-9-11-17(23)12-10-16)25-29-21(19)24-18(26)13-8-15-6-4-14(2)5-7-15/h4-13H,3H2,1-2H3,(H,24,26)/b13-8+. The number of carbonyl (C=O) groups is 2. The quantitative estimate of drug-likeness (QED) is 0.450. The summed E-state index contributed by atoms with van der Waals surface area (Å²) in [7, 11) is 0. The van der Waals surface area contributed by atoms with E-state index in [-0.39, 0.29) is 23.7 Å². The van der Waals surface area contributed by atoms with Gasteiger partial charge in [0.1, 0.15) is 5.69 Å². The lowest BCUT2D eigenvalue weighted by molar-refractivity contribution is -0.112. The van der Waals surface area contributed by atoms with E-state index in [2.05, 4.69) is 10.5 Å². The Balaban J connectivity index is 1.86. The molecule has 0 aliphatic rings. The highest BCUT2D eigenvalue weighted by Crippen LogP contribution is 2.30. The lowest BCUT2D eigenvalue weighted by Gasteiger charge is -2.04. The number of hydrogen-bond acceptors (Lipinski definition) is 5. The van der Waals surface area contributed by atoms with Crippen LogP contribution in [0.25, 0.3) is 17.3 Å². The van der Waals surface area contributed by atoms with Gasteiger partial charge in [-0.2, -0.15) is 0 Å². The Morgan fingerprint density at radius 2 is 1.83 bits per heavy atom. The van der Waals surface area contributed by atoms with Gasteiger partial charge in [-0.05, 0) is 37.6 Å². The molecule has 0 fully saturated rings. The monoisotopic (exact) mass is 410 g/mol. The Labute approximate surface area is 173 Å². The zero-order chi connectivity index (χ0) is 20.8. The zero-order valence-electron chi connectivity index (χ0n) is 15.9. The van der Waals surface area contributed by atoms with Gasteiger partial charge in [0.05, 0.1) is 6.61 Å². The second-order valence-corrected chi connectivity index (χ2v) is 6.63. The summed E-state index contributed by atoms with van der Waals surface area (Å²) >= 11 is 5.92. The van der Waals surface area contributed by atoms with Crippen molar-refractivity contribution in [3.63, 3.8) is 0 Å². The topological polar surface area (TPSA) is 81.4 Å². The van der Waals surface area contributed by atoms with Crippen molar-refractivity contribution < 1.29 is 18.8 Å². The van der Waals surface area contributed by atoms with Crippen molar-refractivity contribution in [2.24, 2.45) is 0 Å². The molecule has 7 heteroatoms. The van der Waals surface area contributed by atoms with Crippen LogP contribution in [0.15, 0.2) is 59.1 Å². The predicted molar refractivity (Wildman–Crippen MR) is 112 cm³/mol. The smallest absolute Gasteiger partial charge is 0.346 e. The number of amides is 1. The van der Waals surface area contributed by atoms with Gasteiger partial charge in [0, 0.05) is 16.7 Å². The molecule has 3 rings (SSSR count). The molecule has 0 spiro atoms. The number of nitrogens with zero attached hydrogens (tertiary/aromatic N) is 1. The highest BCUT2D eigenvalue weighted by atomic mass is 35.5. The predicted octanol–water partition coefficient (Wildman–Crippen LogP) is 5.13. The molecule has 6 nitrogen and oxygen atoms in total. The number of esters is 1. The summed E-state index contributed by atoms with van der Waals surface area (Å²) in [6, 6.07) is 14.4. The molecule has 1 aromatic heterocycles. The molecule has 0 saturated carbocycles. The van der Waals surface area contributed by atoms with E-state index in [1.54, 1.807) is 37.3 Å². The maximum atomic E-state index is 12.5. The molecule has 29 heavy (non-hydrogen) atoms. The van der Waals surface area contributed by atoms with Crippen molar-refractivity contribution in [3.8, 4) is 11.3 Å². The van der Waals surface area contributed by atoms with Gasteiger partial charge in [-0.15, -0.1) is 0 Å². The number of halogens is 1. The van der Waals surface area contributed by atoms with Gasteiger partial charge < -0.3 is 9.26 Å². The SMILES string of the molecule is CCOC(=O)c1c(-c2ccc(Cl)cc2)noc1NC(=O)/C=C/c1ccc(C)cc1. The highest BCUT2D eigenvalue weighted by Gasteiger charge is 2.26. The van der Waals surface area contributed by atoms with Crippen molar-refractivity contribution in [1.82, 2.24) is 5.16 Å². The maximum Gasteiger partial charge on any atom is 0.346 e. The molecule has 1 amide bonds. The van der Waals surface area contributed by atoms with Gasteiger partial charge in [0.15, 0.2) is 5.56 Å². The van der Waals surface area contributed by atoms with Crippen molar-refractivity contribution in [2.75, 3.05) is 11.9 Å². The number of ether oxygens (including phenoxy) is 1. The van der Waals surface area contributed by atoms with Gasteiger partial charge in [-0.25, -0.2) is 4.79 Å². The molecule has 0 saturated heterocycles. The van der Waals surface area contributed by atoms with Crippen LogP contribution in [0.4, 0.5) is 5.88 Å². The molecular formula is C22H19ClN2O4. The summed E-state index contributed by atoms with van der Waals surface area (Å²) in [5.74, 6) is -1.18. The third kappa shape index (κ3) is 5.12. The second kappa shape index (κ2) is 9.21. The molecule has 0 radical (unpaired) electrons. The van der Waals surface area contributed by atoms with Gasteiger partial charge in [0.25, 0.3) is 5.91 Å². The van der Waals surface area contributed by atoms with Gasteiger partial charge in [0.2, 0.25) is 5.88 Å². The van der Waals surface area contributed by atoms with Crippen LogP contribution in [-0.4, -0.2) is 23.6 Å². The minimum Gasteiger partial charge on any atom is -0.462 e. The van der Waals surface area contributed by atoms with Crippen LogP contribution < -0.4 is 5.32 Å². The molecule has 0 aliphatic carbocycles. The third-order valence-corrected chi connectivity index (χ3v) is 4.28. The molecular weight excluding hydrogens is 392 g/mol. The first-order valence-corrected chi connectivity index (χ1v) is 9.34. The molecule has 3 aromatic rings. The molecule has 0 aliphatic heterocycles. The Kier molecular flexibility index (Phi) is 6.46. The normalized spacial score (nSPS) is 10.9.